The standard InChI is InChI=1S/C14H19N5O/c1-10(2)7-12(15)14(20)18-11-3-4-13(17-8-11)19-6-5-16-9-19/h3-6,8-10,12H,7,15H2,1-2H3,(H,18,20)/t12-/m0/s1. The molecule has 3 N–H and O–H groups in total. The van der Waals surface area contributed by atoms with Gasteiger partial charge in [-0.2, -0.15) is 0 Å². The summed E-state index contributed by atoms with van der Waals surface area (Å²) in [4.78, 5) is 20.1. The van der Waals surface area contributed by atoms with Crippen LogP contribution in [0.2, 0.25) is 0 Å². The summed E-state index contributed by atoms with van der Waals surface area (Å²) in [5, 5.41) is 2.77. The first-order valence-corrected chi connectivity index (χ1v) is 6.57. The van der Waals surface area contributed by atoms with Crippen LogP contribution < -0.4 is 11.1 Å². The summed E-state index contributed by atoms with van der Waals surface area (Å²) >= 11 is 0. The van der Waals surface area contributed by atoms with Crippen molar-refractivity contribution in [2.75, 3.05) is 5.32 Å². The smallest absolute Gasteiger partial charge is 0.241 e. The first kappa shape index (κ1) is 14.2. The Balaban J connectivity index is 1.99. The zero-order valence-electron chi connectivity index (χ0n) is 11.7. The molecule has 0 bridgehead atoms. The van der Waals surface area contributed by atoms with Gasteiger partial charge in [0.25, 0.3) is 0 Å². The van der Waals surface area contributed by atoms with E-state index in [0.717, 1.165) is 5.82 Å². The lowest BCUT2D eigenvalue weighted by atomic mass is 10.0. The molecule has 1 amide bonds. The molecule has 0 saturated carbocycles. The molecule has 0 radical (unpaired) electrons. The second-order valence-electron chi connectivity index (χ2n) is 5.10. The zero-order chi connectivity index (χ0) is 14.5. The van der Waals surface area contributed by atoms with Gasteiger partial charge >= 0.3 is 0 Å². The lowest BCUT2D eigenvalue weighted by Crippen LogP contribution is -2.36. The molecular formula is C14H19N5O. The highest BCUT2D eigenvalue weighted by molar-refractivity contribution is 5.94. The average Bonchev–Trinajstić information content (AvgIpc) is 2.92. The molecule has 20 heavy (non-hydrogen) atoms. The van der Waals surface area contributed by atoms with Gasteiger partial charge in [-0.1, -0.05) is 13.8 Å². The summed E-state index contributed by atoms with van der Waals surface area (Å²) in [6.07, 6.45) is 7.42. The molecule has 0 unspecified atom stereocenters. The number of imidazole rings is 1. The molecule has 0 aromatic carbocycles. The molecular weight excluding hydrogens is 254 g/mol. The van der Waals surface area contributed by atoms with Gasteiger partial charge in [0.05, 0.1) is 17.9 Å². The van der Waals surface area contributed by atoms with E-state index in [2.05, 4.69) is 15.3 Å². The Morgan fingerprint density at radius 1 is 1.45 bits per heavy atom. The molecule has 6 nitrogen and oxygen atoms in total. The minimum atomic E-state index is -0.497. The fourth-order valence-electron chi connectivity index (χ4n) is 1.86. The fraction of sp³-hybridized carbons (Fsp3) is 0.357. The summed E-state index contributed by atoms with van der Waals surface area (Å²) in [5.41, 5.74) is 6.47. The third-order valence-electron chi connectivity index (χ3n) is 2.85. The summed E-state index contributed by atoms with van der Waals surface area (Å²) < 4.78 is 1.79. The molecule has 0 aliphatic rings. The Morgan fingerprint density at radius 2 is 2.25 bits per heavy atom. The fourth-order valence-corrected chi connectivity index (χ4v) is 1.86. The van der Waals surface area contributed by atoms with Gasteiger partial charge in [-0.25, -0.2) is 9.97 Å². The van der Waals surface area contributed by atoms with Gasteiger partial charge < -0.3 is 11.1 Å². The Morgan fingerprint density at radius 3 is 2.80 bits per heavy atom. The van der Waals surface area contributed by atoms with E-state index in [4.69, 9.17) is 5.73 Å². The Kier molecular flexibility index (Phi) is 4.47. The van der Waals surface area contributed by atoms with Crippen molar-refractivity contribution in [1.82, 2.24) is 14.5 Å². The predicted octanol–water partition coefficient (Wildman–Crippen LogP) is 1.58. The average molecular weight is 273 g/mol. The summed E-state index contributed by atoms with van der Waals surface area (Å²) in [7, 11) is 0. The summed E-state index contributed by atoms with van der Waals surface area (Å²) in [5.74, 6) is 0.945. The van der Waals surface area contributed by atoms with Crippen LogP contribution in [-0.2, 0) is 4.79 Å². The van der Waals surface area contributed by atoms with Crippen molar-refractivity contribution < 1.29 is 4.79 Å². The highest BCUT2D eigenvalue weighted by atomic mass is 16.2. The molecule has 2 aromatic rings. The van der Waals surface area contributed by atoms with Gasteiger partial charge in [0.1, 0.15) is 12.1 Å². The maximum atomic E-state index is 11.9. The van der Waals surface area contributed by atoms with E-state index in [9.17, 15) is 4.79 Å². The van der Waals surface area contributed by atoms with Crippen molar-refractivity contribution in [1.29, 1.82) is 0 Å². The second kappa shape index (κ2) is 6.29. The van der Waals surface area contributed by atoms with Gasteiger partial charge in [-0.15, -0.1) is 0 Å². The first-order chi connectivity index (χ1) is 9.56. The van der Waals surface area contributed by atoms with Gasteiger partial charge in [0.15, 0.2) is 0 Å². The number of nitrogens with zero attached hydrogens (tertiary/aromatic N) is 3. The van der Waals surface area contributed by atoms with Crippen LogP contribution in [0.3, 0.4) is 0 Å². The number of amides is 1. The first-order valence-electron chi connectivity index (χ1n) is 6.57. The molecule has 0 aliphatic heterocycles. The lowest BCUT2D eigenvalue weighted by molar-refractivity contribution is -0.117. The number of anilines is 1. The molecule has 0 saturated heterocycles. The summed E-state index contributed by atoms with van der Waals surface area (Å²) in [6, 6.07) is 3.11. The van der Waals surface area contributed by atoms with Crippen molar-refractivity contribution >= 4 is 11.6 Å². The minimum Gasteiger partial charge on any atom is -0.323 e. The Hall–Kier alpha value is -2.21. The van der Waals surface area contributed by atoms with Crippen LogP contribution in [0.5, 0.6) is 0 Å². The maximum Gasteiger partial charge on any atom is 0.241 e. The van der Waals surface area contributed by atoms with E-state index in [1.165, 1.54) is 0 Å². The quantitative estimate of drug-likeness (QED) is 0.866. The topological polar surface area (TPSA) is 85.8 Å². The third kappa shape index (κ3) is 3.64. The summed E-state index contributed by atoms with van der Waals surface area (Å²) in [6.45, 7) is 4.07. The number of aromatic nitrogens is 3. The highest BCUT2D eigenvalue weighted by Gasteiger charge is 2.15. The molecule has 2 heterocycles. The van der Waals surface area contributed by atoms with Crippen molar-refractivity contribution in [3.63, 3.8) is 0 Å². The Labute approximate surface area is 118 Å². The van der Waals surface area contributed by atoms with E-state index in [0.29, 0.717) is 18.0 Å². The molecule has 6 heteroatoms. The van der Waals surface area contributed by atoms with Crippen molar-refractivity contribution in [2.24, 2.45) is 11.7 Å². The van der Waals surface area contributed by atoms with Crippen LogP contribution >= 0.6 is 0 Å². The van der Waals surface area contributed by atoms with Crippen LogP contribution in [0.4, 0.5) is 5.69 Å². The van der Waals surface area contributed by atoms with E-state index in [-0.39, 0.29) is 5.91 Å². The van der Waals surface area contributed by atoms with E-state index >= 15 is 0 Å². The molecule has 0 aliphatic carbocycles. The highest BCUT2D eigenvalue weighted by Crippen LogP contribution is 2.11. The molecule has 1 atom stereocenters. The minimum absolute atomic E-state index is 0.184. The van der Waals surface area contributed by atoms with Crippen molar-refractivity contribution in [3.8, 4) is 5.82 Å². The number of nitrogens with two attached hydrogens (primary N) is 1. The van der Waals surface area contributed by atoms with Crippen molar-refractivity contribution in [3.05, 3.63) is 37.1 Å². The van der Waals surface area contributed by atoms with Crippen LogP contribution in [-0.4, -0.2) is 26.5 Å². The number of pyridine rings is 1. The van der Waals surface area contributed by atoms with Crippen LogP contribution in [0, 0.1) is 5.92 Å². The van der Waals surface area contributed by atoms with Gasteiger partial charge in [-0.3, -0.25) is 9.36 Å². The molecule has 2 rings (SSSR count). The maximum absolute atomic E-state index is 11.9. The van der Waals surface area contributed by atoms with Crippen LogP contribution in [0.25, 0.3) is 5.82 Å². The van der Waals surface area contributed by atoms with Crippen LogP contribution in [0.1, 0.15) is 20.3 Å². The number of rotatable bonds is 5. The monoisotopic (exact) mass is 273 g/mol. The van der Waals surface area contributed by atoms with Gasteiger partial charge in [0, 0.05) is 12.4 Å². The van der Waals surface area contributed by atoms with E-state index in [1.54, 1.807) is 35.6 Å². The Bertz CT molecular complexity index is 547. The van der Waals surface area contributed by atoms with Gasteiger partial charge in [0.2, 0.25) is 5.91 Å². The molecule has 106 valence electrons. The second-order valence-corrected chi connectivity index (χ2v) is 5.10. The normalized spacial score (nSPS) is 12.4. The number of carbonyl (C=O) groups is 1. The number of carbonyl (C=O) groups excluding carboxylic acids is 1. The van der Waals surface area contributed by atoms with Crippen LogP contribution in [0.15, 0.2) is 37.1 Å². The van der Waals surface area contributed by atoms with E-state index in [1.807, 2.05) is 19.9 Å². The van der Waals surface area contributed by atoms with E-state index < -0.39 is 6.04 Å². The van der Waals surface area contributed by atoms with Crippen molar-refractivity contribution in [2.45, 2.75) is 26.3 Å². The predicted molar refractivity (Wildman–Crippen MR) is 77.4 cm³/mol. The number of nitrogens with one attached hydrogen (secondary N) is 1. The number of hydrogen-bond acceptors (Lipinski definition) is 4. The SMILES string of the molecule is CC(C)C[C@H](N)C(=O)Nc1ccc(-n2ccnc2)nc1. The zero-order valence-corrected chi connectivity index (χ0v) is 11.7. The van der Waals surface area contributed by atoms with Gasteiger partial charge in [-0.05, 0) is 24.5 Å². The third-order valence-corrected chi connectivity index (χ3v) is 2.85. The molecule has 0 spiro atoms. The lowest BCUT2D eigenvalue weighted by Gasteiger charge is -2.14. The largest absolute Gasteiger partial charge is 0.323 e. The molecule has 2 aromatic heterocycles. The molecule has 0 fully saturated rings. The number of hydrogen-bond donors (Lipinski definition) is 2.